The summed E-state index contributed by atoms with van der Waals surface area (Å²) >= 11 is 0. The highest BCUT2D eigenvalue weighted by Crippen LogP contribution is 2.19. The normalized spacial score (nSPS) is 10.5. The third kappa shape index (κ3) is 4.01. The number of aryl methyl sites for hydroxylation is 1. The number of hydrogen-bond donors (Lipinski definition) is 2. The van der Waals surface area contributed by atoms with Crippen molar-refractivity contribution in [1.29, 1.82) is 0 Å². The highest BCUT2D eigenvalue weighted by molar-refractivity contribution is 5.93. The molecule has 3 aromatic rings. The lowest BCUT2D eigenvalue weighted by atomic mass is 10.2. The van der Waals surface area contributed by atoms with Crippen LogP contribution in [0.25, 0.3) is 11.4 Å². The van der Waals surface area contributed by atoms with Crippen LogP contribution in [-0.4, -0.2) is 49.1 Å². The van der Waals surface area contributed by atoms with E-state index >= 15 is 0 Å². The van der Waals surface area contributed by atoms with Gasteiger partial charge in [0.15, 0.2) is 0 Å². The molecule has 1 amide bonds. The number of nitrogens with zero attached hydrogens (tertiary/aromatic N) is 5. The van der Waals surface area contributed by atoms with E-state index < -0.39 is 0 Å². The van der Waals surface area contributed by atoms with E-state index in [0.29, 0.717) is 22.8 Å². The number of hydrogen-bond acceptors (Lipinski definition) is 7. The summed E-state index contributed by atoms with van der Waals surface area (Å²) in [5.41, 5.74) is 2.51. The molecule has 2 N–H and O–H groups in total. The molecule has 0 aliphatic carbocycles. The van der Waals surface area contributed by atoms with E-state index in [0.717, 1.165) is 5.69 Å². The van der Waals surface area contributed by atoms with Gasteiger partial charge in [0.1, 0.15) is 18.0 Å². The Morgan fingerprint density at radius 1 is 1.27 bits per heavy atom. The summed E-state index contributed by atoms with van der Waals surface area (Å²) in [7, 11) is 1.78. The van der Waals surface area contributed by atoms with Crippen LogP contribution in [0.2, 0.25) is 0 Å². The van der Waals surface area contributed by atoms with E-state index in [-0.39, 0.29) is 25.7 Å². The fourth-order valence-corrected chi connectivity index (χ4v) is 2.25. The van der Waals surface area contributed by atoms with Crippen molar-refractivity contribution in [1.82, 2.24) is 30.3 Å². The summed E-state index contributed by atoms with van der Waals surface area (Å²) in [4.78, 5) is 20.2. The third-order valence-electron chi connectivity index (χ3n) is 3.60. The summed E-state index contributed by atoms with van der Waals surface area (Å²) in [6.45, 7) is 0.289. The molecule has 0 radical (unpaired) electrons. The van der Waals surface area contributed by atoms with Crippen LogP contribution in [0.3, 0.4) is 0 Å². The zero-order chi connectivity index (χ0) is 18.4. The summed E-state index contributed by atoms with van der Waals surface area (Å²) < 4.78 is 7.32. The first-order valence-electron chi connectivity index (χ1n) is 7.97. The topological polar surface area (TPSA) is 115 Å². The van der Waals surface area contributed by atoms with Gasteiger partial charge in [-0.15, -0.1) is 5.10 Å². The minimum Gasteiger partial charge on any atom is -0.471 e. The van der Waals surface area contributed by atoms with E-state index in [9.17, 15) is 4.79 Å². The number of carbonyl (C=O) groups excluding carboxylic acids is 1. The van der Waals surface area contributed by atoms with Crippen LogP contribution in [-0.2, 0) is 13.7 Å². The van der Waals surface area contributed by atoms with Gasteiger partial charge in [-0.25, -0.2) is 9.67 Å². The van der Waals surface area contributed by atoms with E-state index in [1.165, 1.54) is 6.20 Å². The van der Waals surface area contributed by atoms with Crippen molar-refractivity contribution in [3.05, 3.63) is 54.0 Å². The van der Waals surface area contributed by atoms with Crippen molar-refractivity contribution >= 4 is 5.91 Å². The minimum absolute atomic E-state index is 0.113. The molecular formula is C17H18N6O3. The molecule has 0 aliphatic rings. The van der Waals surface area contributed by atoms with Gasteiger partial charge in [-0.05, 0) is 18.2 Å². The lowest BCUT2D eigenvalue weighted by Crippen LogP contribution is -2.26. The molecule has 0 aliphatic heterocycles. The van der Waals surface area contributed by atoms with Crippen molar-refractivity contribution in [2.45, 2.75) is 6.61 Å². The molecular weight excluding hydrogens is 336 g/mol. The summed E-state index contributed by atoms with van der Waals surface area (Å²) in [6.07, 6.45) is 3.11. The van der Waals surface area contributed by atoms with Gasteiger partial charge >= 0.3 is 0 Å². The van der Waals surface area contributed by atoms with Crippen LogP contribution in [0, 0.1) is 0 Å². The van der Waals surface area contributed by atoms with Crippen molar-refractivity contribution in [3.8, 4) is 17.3 Å². The Labute approximate surface area is 149 Å². The molecule has 0 atom stereocenters. The average Bonchev–Trinajstić information content (AvgIpc) is 3.06. The monoisotopic (exact) mass is 354 g/mol. The van der Waals surface area contributed by atoms with Crippen LogP contribution in [0.4, 0.5) is 0 Å². The molecule has 9 nitrogen and oxygen atoms in total. The highest BCUT2D eigenvalue weighted by Gasteiger charge is 2.15. The Morgan fingerprint density at radius 2 is 2.15 bits per heavy atom. The predicted molar refractivity (Wildman–Crippen MR) is 92.2 cm³/mol. The Morgan fingerprint density at radius 3 is 2.85 bits per heavy atom. The smallest absolute Gasteiger partial charge is 0.252 e. The van der Waals surface area contributed by atoms with Gasteiger partial charge in [0.05, 0.1) is 17.9 Å². The van der Waals surface area contributed by atoms with Gasteiger partial charge in [-0.1, -0.05) is 11.3 Å². The van der Waals surface area contributed by atoms with Crippen molar-refractivity contribution < 1.29 is 14.6 Å². The maximum atomic E-state index is 11.8. The van der Waals surface area contributed by atoms with E-state index in [4.69, 9.17) is 9.84 Å². The molecule has 3 rings (SSSR count). The van der Waals surface area contributed by atoms with Crippen molar-refractivity contribution in [3.63, 3.8) is 0 Å². The molecule has 0 bridgehead atoms. The SMILES string of the molecule is Cn1nnc(-c2ccccn2)c1COc1ccc(C(=O)NCCO)cn1. The summed E-state index contributed by atoms with van der Waals surface area (Å²) in [6, 6.07) is 8.78. The summed E-state index contributed by atoms with van der Waals surface area (Å²) in [5.74, 6) is 0.0725. The molecule has 0 aromatic carbocycles. The molecule has 3 heterocycles. The standard InChI is InChI=1S/C17H18N6O3/c1-23-14(16(21-22-23)13-4-2-3-7-18-13)11-26-15-6-5-12(10-20-15)17(25)19-8-9-24/h2-7,10,24H,8-9,11H2,1H3,(H,19,25). The Bertz CT molecular complexity index is 864. The van der Waals surface area contributed by atoms with Gasteiger partial charge in [0, 0.05) is 32.1 Å². The van der Waals surface area contributed by atoms with E-state index in [1.54, 1.807) is 30.1 Å². The average molecular weight is 354 g/mol. The van der Waals surface area contributed by atoms with Crippen LogP contribution in [0.5, 0.6) is 5.88 Å². The van der Waals surface area contributed by atoms with Crippen molar-refractivity contribution in [2.75, 3.05) is 13.2 Å². The molecule has 9 heteroatoms. The van der Waals surface area contributed by atoms with Crippen molar-refractivity contribution in [2.24, 2.45) is 7.05 Å². The molecule has 0 spiro atoms. The lowest BCUT2D eigenvalue weighted by Gasteiger charge is -2.08. The largest absolute Gasteiger partial charge is 0.471 e. The second kappa shape index (κ2) is 8.17. The second-order valence-electron chi connectivity index (χ2n) is 5.38. The maximum absolute atomic E-state index is 11.8. The first kappa shape index (κ1) is 17.5. The first-order valence-corrected chi connectivity index (χ1v) is 7.97. The quantitative estimate of drug-likeness (QED) is 0.637. The molecule has 0 saturated carbocycles. The van der Waals surface area contributed by atoms with Crippen LogP contribution in [0.15, 0.2) is 42.7 Å². The van der Waals surface area contributed by atoms with Crippen LogP contribution < -0.4 is 10.1 Å². The lowest BCUT2D eigenvalue weighted by molar-refractivity contribution is 0.0944. The Balaban J connectivity index is 1.68. The molecule has 3 aromatic heterocycles. The number of nitrogens with one attached hydrogen (secondary N) is 1. The molecule has 26 heavy (non-hydrogen) atoms. The van der Waals surface area contributed by atoms with Gasteiger partial charge in [0.2, 0.25) is 5.88 Å². The Kier molecular flexibility index (Phi) is 5.49. The number of aromatic nitrogens is 5. The first-order chi connectivity index (χ1) is 12.7. The minimum atomic E-state index is -0.300. The number of ether oxygens (including phenoxy) is 1. The number of pyridine rings is 2. The number of aliphatic hydroxyl groups is 1. The number of aliphatic hydroxyl groups excluding tert-OH is 1. The van der Waals surface area contributed by atoms with Gasteiger partial charge in [0.25, 0.3) is 5.91 Å². The van der Waals surface area contributed by atoms with Gasteiger partial charge in [-0.2, -0.15) is 0 Å². The number of rotatable bonds is 7. The fraction of sp³-hybridized carbons (Fsp3) is 0.235. The van der Waals surface area contributed by atoms with E-state index in [2.05, 4.69) is 25.6 Å². The van der Waals surface area contributed by atoms with Gasteiger partial charge in [-0.3, -0.25) is 9.78 Å². The molecule has 0 unspecified atom stereocenters. The molecule has 134 valence electrons. The van der Waals surface area contributed by atoms with Gasteiger partial charge < -0.3 is 15.2 Å². The van der Waals surface area contributed by atoms with Crippen LogP contribution >= 0.6 is 0 Å². The summed E-state index contributed by atoms with van der Waals surface area (Å²) in [5, 5.41) is 19.5. The zero-order valence-corrected chi connectivity index (χ0v) is 14.2. The number of carbonyl (C=O) groups is 1. The van der Waals surface area contributed by atoms with Crippen LogP contribution in [0.1, 0.15) is 16.1 Å². The highest BCUT2D eigenvalue weighted by atomic mass is 16.5. The fourth-order valence-electron chi connectivity index (χ4n) is 2.25. The Hall–Kier alpha value is -3.33. The second-order valence-corrected chi connectivity index (χ2v) is 5.38. The third-order valence-corrected chi connectivity index (χ3v) is 3.60. The zero-order valence-electron chi connectivity index (χ0n) is 14.2. The van der Waals surface area contributed by atoms with E-state index in [1.807, 2.05) is 18.2 Å². The molecule has 0 fully saturated rings. The maximum Gasteiger partial charge on any atom is 0.252 e. The molecule has 0 saturated heterocycles. The predicted octanol–water partition coefficient (Wildman–Crippen LogP) is 0.573. The number of amides is 1.